The van der Waals surface area contributed by atoms with Crippen LogP contribution >= 0.6 is 0 Å². The van der Waals surface area contributed by atoms with Crippen molar-refractivity contribution in [3.05, 3.63) is 17.5 Å². The Labute approximate surface area is 130 Å². The van der Waals surface area contributed by atoms with E-state index in [0.29, 0.717) is 5.41 Å². The molecule has 0 unspecified atom stereocenters. The quantitative estimate of drug-likeness (QED) is 0.885. The van der Waals surface area contributed by atoms with Crippen molar-refractivity contribution in [3.63, 3.8) is 0 Å². The van der Waals surface area contributed by atoms with Gasteiger partial charge >= 0.3 is 0 Å². The third kappa shape index (κ3) is 4.57. The summed E-state index contributed by atoms with van der Waals surface area (Å²) in [7, 11) is 0. The van der Waals surface area contributed by atoms with Gasteiger partial charge in [-0.2, -0.15) is 5.10 Å². The van der Waals surface area contributed by atoms with Gasteiger partial charge < -0.3 is 5.32 Å². The first-order valence-corrected chi connectivity index (χ1v) is 8.62. The van der Waals surface area contributed by atoms with E-state index in [2.05, 4.69) is 55.8 Å². The van der Waals surface area contributed by atoms with Crippen molar-refractivity contribution >= 4 is 0 Å². The molecule has 0 spiro atoms. The molecule has 0 aromatic carbocycles. The smallest absolute Gasteiger partial charge is 0.0596 e. The van der Waals surface area contributed by atoms with Crippen molar-refractivity contribution in [1.29, 1.82) is 0 Å². The van der Waals surface area contributed by atoms with E-state index in [1.807, 2.05) is 0 Å². The molecular formula is C18H33N3. The number of aromatic nitrogens is 2. The zero-order chi connectivity index (χ0) is 15.5. The van der Waals surface area contributed by atoms with Gasteiger partial charge in [-0.1, -0.05) is 19.3 Å². The summed E-state index contributed by atoms with van der Waals surface area (Å²) in [4.78, 5) is 0. The van der Waals surface area contributed by atoms with Gasteiger partial charge in [-0.15, -0.1) is 0 Å². The second-order valence-corrected chi connectivity index (χ2v) is 7.93. The molecule has 1 aliphatic carbocycles. The van der Waals surface area contributed by atoms with Crippen molar-refractivity contribution in [1.82, 2.24) is 15.1 Å². The van der Waals surface area contributed by atoms with Crippen LogP contribution in [-0.4, -0.2) is 21.9 Å². The van der Waals surface area contributed by atoms with E-state index in [4.69, 9.17) is 0 Å². The van der Waals surface area contributed by atoms with Crippen LogP contribution in [0.25, 0.3) is 0 Å². The molecule has 1 aromatic heterocycles. The Balaban J connectivity index is 2.15. The molecule has 2 rings (SSSR count). The van der Waals surface area contributed by atoms with Gasteiger partial charge in [-0.25, -0.2) is 0 Å². The van der Waals surface area contributed by atoms with Gasteiger partial charge in [0.25, 0.3) is 0 Å². The lowest BCUT2D eigenvalue weighted by atomic mass is 9.70. The Hall–Kier alpha value is -0.830. The van der Waals surface area contributed by atoms with Gasteiger partial charge in [-0.05, 0) is 65.4 Å². The van der Waals surface area contributed by atoms with Crippen molar-refractivity contribution in [2.75, 3.05) is 6.54 Å². The Morgan fingerprint density at radius 1 is 1.24 bits per heavy atom. The minimum absolute atomic E-state index is 0.200. The van der Waals surface area contributed by atoms with Gasteiger partial charge in [0, 0.05) is 24.3 Å². The second kappa shape index (κ2) is 6.51. The first-order chi connectivity index (χ1) is 9.84. The van der Waals surface area contributed by atoms with Crippen LogP contribution in [0.4, 0.5) is 0 Å². The van der Waals surface area contributed by atoms with Crippen molar-refractivity contribution in [3.8, 4) is 0 Å². The van der Waals surface area contributed by atoms with E-state index >= 15 is 0 Å². The molecular weight excluding hydrogens is 258 g/mol. The number of hydrogen-bond acceptors (Lipinski definition) is 2. The molecule has 3 nitrogen and oxygen atoms in total. The SMILES string of the molecule is CCn1nc(C)cc1CC1(CNC(C)(C)C)CCCCC1. The van der Waals surface area contributed by atoms with Crippen molar-refractivity contribution in [2.24, 2.45) is 5.41 Å². The summed E-state index contributed by atoms with van der Waals surface area (Å²) in [5.74, 6) is 0. The maximum atomic E-state index is 4.63. The second-order valence-electron chi connectivity index (χ2n) is 7.93. The molecule has 0 bridgehead atoms. The summed E-state index contributed by atoms with van der Waals surface area (Å²) < 4.78 is 2.20. The first kappa shape index (κ1) is 16.5. The van der Waals surface area contributed by atoms with Crippen molar-refractivity contribution in [2.45, 2.75) is 85.2 Å². The predicted octanol–water partition coefficient (Wildman–Crippen LogP) is 4.09. The van der Waals surface area contributed by atoms with Crippen LogP contribution in [0.3, 0.4) is 0 Å². The predicted molar refractivity (Wildman–Crippen MR) is 89.6 cm³/mol. The standard InChI is InChI=1S/C18H33N3/c1-6-21-16(12-15(2)20-21)13-18(10-8-7-9-11-18)14-19-17(3,4)5/h12,19H,6-11,13-14H2,1-5H3. The average Bonchev–Trinajstić information content (AvgIpc) is 2.77. The Morgan fingerprint density at radius 3 is 2.48 bits per heavy atom. The van der Waals surface area contributed by atoms with Crippen LogP contribution in [0, 0.1) is 12.3 Å². The molecule has 3 heteroatoms. The van der Waals surface area contributed by atoms with Crippen molar-refractivity contribution < 1.29 is 0 Å². The third-order valence-electron chi connectivity index (χ3n) is 4.75. The van der Waals surface area contributed by atoms with Crippen LogP contribution in [0.1, 0.15) is 71.2 Å². The lowest BCUT2D eigenvalue weighted by Crippen LogP contribution is -2.46. The molecule has 0 atom stereocenters. The Kier molecular flexibility index (Phi) is 5.13. The van der Waals surface area contributed by atoms with E-state index in [9.17, 15) is 0 Å². The molecule has 1 N–H and O–H groups in total. The zero-order valence-electron chi connectivity index (χ0n) is 14.6. The third-order valence-corrected chi connectivity index (χ3v) is 4.75. The maximum Gasteiger partial charge on any atom is 0.0596 e. The Bertz CT molecular complexity index is 448. The van der Waals surface area contributed by atoms with E-state index < -0.39 is 0 Å². The first-order valence-electron chi connectivity index (χ1n) is 8.62. The van der Waals surface area contributed by atoms with Crippen LogP contribution in [0.2, 0.25) is 0 Å². The van der Waals surface area contributed by atoms with E-state index in [0.717, 1.165) is 18.8 Å². The van der Waals surface area contributed by atoms with Crippen LogP contribution in [0.5, 0.6) is 0 Å². The summed E-state index contributed by atoms with van der Waals surface area (Å²) in [5, 5.41) is 8.40. The molecule has 21 heavy (non-hydrogen) atoms. The molecule has 1 saturated carbocycles. The molecule has 0 amide bonds. The molecule has 1 aliphatic rings. The monoisotopic (exact) mass is 291 g/mol. The number of rotatable bonds is 5. The maximum absolute atomic E-state index is 4.63. The summed E-state index contributed by atoms with van der Waals surface area (Å²) in [5.41, 5.74) is 3.20. The molecule has 0 saturated heterocycles. The topological polar surface area (TPSA) is 29.9 Å². The molecule has 0 radical (unpaired) electrons. The molecule has 1 heterocycles. The van der Waals surface area contributed by atoms with Gasteiger partial charge in [0.2, 0.25) is 0 Å². The van der Waals surface area contributed by atoms with E-state index in [-0.39, 0.29) is 5.54 Å². The highest BCUT2D eigenvalue weighted by molar-refractivity contribution is 5.12. The summed E-state index contributed by atoms with van der Waals surface area (Å²) >= 11 is 0. The normalized spacial score (nSPS) is 18.9. The molecule has 0 aliphatic heterocycles. The number of hydrogen-bond donors (Lipinski definition) is 1. The van der Waals surface area contributed by atoms with Crippen LogP contribution in [-0.2, 0) is 13.0 Å². The average molecular weight is 291 g/mol. The van der Waals surface area contributed by atoms with Gasteiger partial charge in [-0.3, -0.25) is 4.68 Å². The van der Waals surface area contributed by atoms with Gasteiger partial charge in [0.05, 0.1) is 5.69 Å². The number of nitrogens with one attached hydrogen (secondary N) is 1. The minimum Gasteiger partial charge on any atom is -0.312 e. The van der Waals surface area contributed by atoms with Crippen LogP contribution < -0.4 is 5.32 Å². The lowest BCUT2D eigenvalue weighted by Gasteiger charge is -2.40. The Morgan fingerprint density at radius 2 is 1.90 bits per heavy atom. The minimum atomic E-state index is 0.200. The fourth-order valence-corrected chi connectivity index (χ4v) is 3.57. The molecule has 120 valence electrons. The van der Waals surface area contributed by atoms with Gasteiger partial charge in [0.1, 0.15) is 0 Å². The highest BCUT2D eigenvalue weighted by Crippen LogP contribution is 2.39. The largest absolute Gasteiger partial charge is 0.312 e. The fourth-order valence-electron chi connectivity index (χ4n) is 3.57. The molecule has 1 aromatic rings. The molecule has 1 fully saturated rings. The van der Waals surface area contributed by atoms with Gasteiger partial charge in [0.15, 0.2) is 0 Å². The van der Waals surface area contributed by atoms with Crippen LogP contribution in [0.15, 0.2) is 6.07 Å². The number of nitrogens with zero attached hydrogens (tertiary/aromatic N) is 2. The summed E-state index contributed by atoms with van der Waals surface area (Å²) in [6.45, 7) is 13.2. The summed E-state index contributed by atoms with van der Waals surface area (Å²) in [6, 6.07) is 2.29. The van der Waals surface area contributed by atoms with E-state index in [1.165, 1.54) is 44.2 Å². The zero-order valence-corrected chi connectivity index (χ0v) is 14.6. The highest BCUT2D eigenvalue weighted by Gasteiger charge is 2.34. The number of aryl methyl sites for hydroxylation is 2. The highest BCUT2D eigenvalue weighted by atomic mass is 15.3. The lowest BCUT2D eigenvalue weighted by molar-refractivity contribution is 0.162. The van der Waals surface area contributed by atoms with E-state index in [1.54, 1.807) is 0 Å². The fraction of sp³-hybridized carbons (Fsp3) is 0.833. The summed E-state index contributed by atoms with van der Waals surface area (Å²) in [6.07, 6.45) is 8.04.